The number of aromatic amines is 1. The lowest BCUT2D eigenvalue weighted by atomic mass is 10.0. The number of imidazole rings is 1. The monoisotopic (exact) mass is 545 g/mol. The highest BCUT2D eigenvalue weighted by molar-refractivity contribution is 7.76. The van der Waals surface area contributed by atoms with Gasteiger partial charge in [-0.15, -0.1) is 5.10 Å². The van der Waals surface area contributed by atoms with Crippen LogP contribution in [0.25, 0.3) is 27.8 Å². The number of anilines is 2. The maximum atomic E-state index is 11.5. The molecule has 39 heavy (non-hydrogen) atoms. The lowest BCUT2D eigenvalue weighted by molar-refractivity contribution is 0.146. The zero-order valence-corrected chi connectivity index (χ0v) is 22.7. The van der Waals surface area contributed by atoms with E-state index in [2.05, 4.69) is 32.1 Å². The van der Waals surface area contributed by atoms with Gasteiger partial charge in [0.2, 0.25) is 17.2 Å². The topological polar surface area (TPSA) is 118 Å². The Balaban J connectivity index is 1.24. The van der Waals surface area contributed by atoms with Crippen LogP contribution in [0, 0.1) is 0 Å². The van der Waals surface area contributed by atoms with E-state index in [1.54, 1.807) is 13.2 Å². The molecule has 0 spiro atoms. The van der Waals surface area contributed by atoms with E-state index in [1.165, 1.54) is 4.31 Å². The van der Waals surface area contributed by atoms with E-state index >= 15 is 0 Å². The summed E-state index contributed by atoms with van der Waals surface area (Å²) in [6.45, 7) is 5.38. The lowest BCUT2D eigenvalue weighted by Gasteiger charge is -2.31. The summed E-state index contributed by atoms with van der Waals surface area (Å²) in [5, 5.41) is 8.09. The lowest BCUT2D eigenvalue weighted by Crippen LogP contribution is -2.44. The molecular formula is C27H31N9O2S. The summed E-state index contributed by atoms with van der Waals surface area (Å²) < 4.78 is 24.2. The molecule has 1 aliphatic heterocycles. The standard InChI is InChI=1S/C27H31N9O2S/c1-33-11-13-35(14-12-33)18-26-30-23-9-7-20(15-24(23)31-26)29-27-28-16-21-8-10-25(36(21)32-27)22-6-4-3-5-19(22)17-34(2)39(37)38/h3-10,15-16H,11-14,17-18H2,1-2H3,(H,29,32)(H,30,31)(H,37,38). The van der Waals surface area contributed by atoms with E-state index in [4.69, 9.17) is 10.1 Å². The van der Waals surface area contributed by atoms with Crippen molar-refractivity contribution in [2.45, 2.75) is 13.1 Å². The van der Waals surface area contributed by atoms with Crippen LogP contribution in [0.4, 0.5) is 11.6 Å². The first kappa shape index (κ1) is 25.6. The minimum atomic E-state index is -2.05. The molecule has 6 rings (SSSR count). The minimum Gasteiger partial charge on any atom is -0.341 e. The van der Waals surface area contributed by atoms with Crippen LogP contribution in [0.15, 0.2) is 60.8 Å². The van der Waals surface area contributed by atoms with Crippen molar-refractivity contribution in [3.05, 3.63) is 72.2 Å². The number of H-pyrrole nitrogens is 1. The molecule has 0 amide bonds. The van der Waals surface area contributed by atoms with E-state index in [0.717, 1.165) is 77.6 Å². The average Bonchev–Trinajstić information content (AvgIpc) is 3.53. The molecule has 1 fully saturated rings. The van der Waals surface area contributed by atoms with Crippen molar-refractivity contribution in [2.75, 3.05) is 45.6 Å². The van der Waals surface area contributed by atoms with E-state index in [-0.39, 0.29) is 0 Å². The first-order valence-corrected chi connectivity index (χ1v) is 13.9. The molecule has 1 unspecified atom stereocenters. The number of hydrogen-bond acceptors (Lipinski definition) is 7. The Bertz CT molecular complexity index is 1640. The van der Waals surface area contributed by atoms with E-state index in [9.17, 15) is 8.76 Å². The van der Waals surface area contributed by atoms with E-state index in [1.807, 2.05) is 59.1 Å². The maximum Gasteiger partial charge on any atom is 0.245 e. The van der Waals surface area contributed by atoms with Crippen LogP contribution in [0.1, 0.15) is 11.4 Å². The first-order valence-electron chi connectivity index (χ1n) is 12.8. The zero-order chi connectivity index (χ0) is 26.9. The van der Waals surface area contributed by atoms with Gasteiger partial charge in [-0.1, -0.05) is 24.3 Å². The molecule has 4 heterocycles. The summed E-state index contributed by atoms with van der Waals surface area (Å²) in [4.78, 5) is 17.5. The summed E-state index contributed by atoms with van der Waals surface area (Å²) in [6.07, 6.45) is 1.78. The van der Waals surface area contributed by atoms with Gasteiger partial charge < -0.3 is 15.2 Å². The van der Waals surface area contributed by atoms with Gasteiger partial charge in [-0.25, -0.2) is 18.7 Å². The second-order valence-electron chi connectivity index (χ2n) is 9.93. The van der Waals surface area contributed by atoms with Crippen LogP contribution in [0.3, 0.4) is 0 Å². The third-order valence-corrected chi connectivity index (χ3v) is 7.77. The van der Waals surface area contributed by atoms with Crippen LogP contribution in [0.2, 0.25) is 0 Å². The molecule has 5 aromatic rings. The Morgan fingerprint density at radius 3 is 2.74 bits per heavy atom. The summed E-state index contributed by atoms with van der Waals surface area (Å²) >= 11 is -2.05. The molecule has 1 atom stereocenters. The Morgan fingerprint density at radius 2 is 1.92 bits per heavy atom. The number of nitrogens with one attached hydrogen (secondary N) is 2. The van der Waals surface area contributed by atoms with E-state index < -0.39 is 11.3 Å². The molecule has 0 radical (unpaired) electrons. The highest BCUT2D eigenvalue weighted by Gasteiger charge is 2.17. The summed E-state index contributed by atoms with van der Waals surface area (Å²) in [5.74, 6) is 1.43. The molecule has 1 saturated heterocycles. The highest BCUT2D eigenvalue weighted by atomic mass is 32.2. The van der Waals surface area contributed by atoms with Crippen molar-refractivity contribution in [1.29, 1.82) is 0 Å². The molecule has 0 bridgehead atoms. The highest BCUT2D eigenvalue weighted by Crippen LogP contribution is 2.27. The van der Waals surface area contributed by atoms with Gasteiger partial charge in [-0.05, 0) is 42.9 Å². The Hall–Kier alpha value is -3.68. The SMILES string of the molecule is CN1CCN(Cc2nc3ccc(Nc4ncc5ccc(-c6ccccc6CN(C)S(=O)O)n5n4)cc3[nH]2)CC1. The molecule has 3 aromatic heterocycles. The molecule has 3 N–H and O–H groups in total. The van der Waals surface area contributed by atoms with E-state index in [0.29, 0.717) is 12.5 Å². The number of rotatable bonds is 8. The van der Waals surface area contributed by atoms with Gasteiger partial charge in [0, 0.05) is 51.0 Å². The Kier molecular flexibility index (Phi) is 7.11. The molecular weight excluding hydrogens is 514 g/mol. The molecule has 202 valence electrons. The smallest absolute Gasteiger partial charge is 0.245 e. The number of hydrogen-bond donors (Lipinski definition) is 3. The number of fused-ring (bicyclic) bond motifs is 2. The fourth-order valence-electron chi connectivity index (χ4n) is 4.93. The molecule has 12 heteroatoms. The summed E-state index contributed by atoms with van der Waals surface area (Å²) in [5.41, 5.74) is 6.34. The Morgan fingerprint density at radius 1 is 1.10 bits per heavy atom. The predicted octanol–water partition coefficient (Wildman–Crippen LogP) is 3.33. The molecule has 2 aromatic carbocycles. The van der Waals surface area contributed by atoms with Crippen LogP contribution < -0.4 is 5.32 Å². The van der Waals surface area contributed by atoms with Crippen LogP contribution in [0.5, 0.6) is 0 Å². The van der Waals surface area contributed by atoms with Gasteiger partial charge in [0.05, 0.1) is 35.0 Å². The summed E-state index contributed by atoms with van der Waals surface area (Å²) in [7, 11) is 3.77. The van der Waals surface area contributed by atoms with Crippen molar-refractivity contribution in [3.63, 3.8) is 0 Å². The average molecular weight is 546 g/mol. The number of nitrogens with zero attached hydrogens (tertiary/aromatic N) is 7. The normalized spacial score (nSPS) is 15.9. The molecule has 0 saturated carbocycles. The molecule has 1 aliphatic rings. The zero-order valence-electron chi connectivity index (χ0n) is 21.9. The van der Waals surface area contributed by atoms with Gasteiger partial charge in [0.25, 0.3) is 0 Å². The van der Waals surface area contributed by atoms with Crippen molar-refractivity contribution in [3.8, 4) is 11.3 Å². The van der Waals surface area contributed by atoms with Crippen molar-refractivity contribution in [1.82, 2.24) is 38.7 Å². The molecule has 0 aliphatic carbocycles. The van der Waals surface area contributed by atoms with Crippen LogP contribution in [-0.4, -0.2) is 87.7 Å². The number of benzene rings is 2. The van der Waals surface area contributed by atoms with Crippen LogP contribution >= 0.6 is 0 Å². The Labute approximate surface area is 228 Å². The fourth-order valence-corrected chi connectivity index (χ4v) is 5.18. The molecule has 11 nitrogen and oxygen atoms in total. The van der Waals surface area contributed by atoms with Crippen molar-refractivity contribution < 1.29 is 8.76 Å². The largest absolute Gasteiger partial charge is 0.341 e. The van der Waals surface area contributed by atoms with Crippen molar-refractivity contribution >= 4 is 39.5 Å². The van der Waals surface area contributed by atoms with Crippen molar-refractivity contribution in [2.24, 2.45) is 0 Å². The van der Waals surface area contributed by atoms with Gasteiger partial charge in [0.15, 0.2) is 0 Å². The van der Waals surface area contributed by atoms with Gasteiger partial charge in [0.1, 0.15) is 5.82 Å². The quantitative estimate of drug-likeness (QED) is 0.254. The third kappa shape index (κ3) is 5.56. The second-order valence-corrected chi connectivity index (χ2v) is 11.0. The minimum absolute atomic E-state index is 0.323. The number of piperazine rings is 1. The summed E-state index contributed by atoms with van der Waals surface area (Å²) in [6, 6.07) is 17.8. The fraction of sp³-hybridized carbons (Fsp3) is 0.296. The maximum absolute atomic E-state index is 11.5. The van der Waals surface area contributed by atoms with Crippen LogP contribution in [-0.2, 0) is 24.4 Å². The first-order chi connectivity index (χ1) is 18.9. The van der Waals surface area contributed by atoms with Gasteiger partial charge >= 0.3 is 0 Å². The van der Waals surface area contributed by atoms with Gasteiger partial charge in [-0.3, -0.25) is 9.45 Å². The van der Waals surface area contributed by atoms with Gasteiger partial charge in [-0.2, -0.15) is 4.31 Å². The third-order valence-electron chi connectivity index (χ3n) is 7.11. The second kappa shape index (κ2) is 10.8. The predicted molar refractivity (Wildman–Crippen MR) is 153 cm³/mol. The number of likely N-dealkylation sites (N-methyl/N-ethyl adjacent to an activating group) is 1. The number of aromatic nitrogens is 5.